The lowest BCUT2D eigenvalue weighted by Gasteiger charge is -2.21. The van der Waals surface area contributed by atoms with Crippen molar-refractivity contribution in [1.29, 1.82) is 0 Å². The fourth-order valence-corrected chi connectivity index (χ4v) is 8.25. The summed E-state index contributed by atoms with van der Waals surface area (Å²) in [6, 6.07) is -0.304. The Hall–Kier alpha value is -2.31. The van der Waals surface area contributed by atoms with Crippen molar-refractivity contribution in [2.24, 2.45) is 5.92 Å². The molecule has 0 spiro atoms. The van der Waals surface area contributed by atoms with Gasteiger partial charge in [-0.25, -0.2) is 4.68 Å². The second-order valence-electron chi connectivity index (χ2n) is 11.6. The zero-order chi connectivity index (χ0) is 37.0. The smallest absolute Gasteiger partial charge is 0.340 e. The average Bonchev–Trinajstić information content (AvgIpc) is 3.77. The molecule has 7 N–H and O–H groups in total. The first-order chi connectivity index (χ1) is 24.3. The van der Waals surface area contributed by atoms with Gasteiger partial charge in [-0.05, 0) is 24.4 Å². The number of carbonyl (C=O) groups is 1. The number of nitrogens with one attached hydrogen (secondary N) is 2. The van der Waals surface area contributed by atoms with Crippen LogP contribution in [0.15, 0.2) is 6.20 Å². The molecule has 0 radical (unpaired) electrons. The van der Waals surface area contributed by atoms with Gasteiger partial charge in [-0.2, -0.15) is 15.1 Å². The van der Waals surface area contributed by atoms with Gasteiger partial charge in [0.25, 0.3) is 0 Å². The molecule has 7 atom stereocenters. The fourth-order valence-electron chi connectivity index (χ4n) is 5.52. The van der Waals surface area contributed by atoms with E-state index in [1.165, 1.54) is 6.20 Å². The monoisotopic (exact) mass is 784 g/mol. The van der Waals surface area contributed by atoms with Crippen molar-refractivity contribution in [1.82, 2.24) is 25.1 Å². The van der Waals surface area contributed by atoms with E-state index in [2.05, 4.69) is 31.6 Å². The molecule has 20 nitrogen and oxygen atoms in total. The Morgan fingerprint density at radius 3 is 2.35 bits per heavy atom. The third-order valence-electron chi connectivity index (χ3n) is 7.83. The SMILES string of the molecule is C#CCOCCOCCOCCOCCNC(=O)[C@@H]1CCC[C@@H]1Nc1nc(Cl)nc2c1cnn2[C@@H]1O[C@H](COP(=O)(O)CP(=O)(O)O)[C@@H](O)[C@H]1O. The number of ether oxygens (including phenoxy) is 5. The molecule has 0 bridgehead atoms. The number of aliphatic hydroxyl groups is 2. The Morgan fingerprint density at radius 1 is 1.02 bits per heavy atom. The number of carbonyl (C=O) groups excluding carboxylic acids is 1. The van der Waals surface area contributed by atoms with Gasteiger partial charge in [0.2, 0.25) is 11.2 Å². The highest BCUT2D eigenvalue weighted by Crippen LogP contribution is 2.55. The summed E-state index contributed by atoms with van der Waals surface area (Å²) in [5.41, 5.74) is 0.114. The number of aliphatic hydroxyl groups excluding tert-OH is 2. The zero-order valence-corrected chi connectivity index (χ0v) is 30.0. The highest BCUT2D eigenvalue weighted by atomic mass is 35.5. The van der Waals surface area contributed by atoms with Gasteiger partial charge in [-0.15, -0.1) is 6.42 Å². The summed E-state index contributed by atoms with van der Waals surface area (Å²) in [4.78, 5) is 49.3. The lowest BCUT2D eigenvalue weighted by atomic mass is 10.0. The van der Waals surface area contributed by atoms with Crippen LogP contribution in [0.4, 0.5) is 5.82 Å². The fraction of sp³-hybridized carbons (Fsp3) is 0.714. The van der Waals surface area contributed by atoms with Crippen LogP contribution in [0.1, 0.15) is 25.5 Å². The molecule has 3 heterocycles. The summed E-state index contributed by atoms with van der Waals surface area (Å²) in [5, 5.41) is 31.9. The van der Waals surface area contributed by atoms with E-state index in [1.807, 2.05) is 0 Å². The number of aromatic nitrogens is 4. The van der Waals surface area contributed by atoms with E-state index in [4.69, 9.17) is 56.0 Å². The van der Waals surface area contributed by atoms with E-state index in [1.54, 1.807) is 0 Å². The molecule has 1 unspecified atom stereocenters. The number of nitrogens with zero attached hydrogens (tertiary/aromatic N) is 4. The molecule has 23 heteroatoms. The highest BCUT2D eigenvalue weighted by molar-refractivity contribution is 7.70. The number of terminal acetylenes is 1. The van der Waals surface area contributed by atoms with E-state index in [0.29, 0.717) is 71.0 Å². The van der Waals surface area contributed by atoms with Gasteiger partial charge in [0.15, 0.2) is 17.8 Å². The first-order valence-corrected chi connectivity index (χ1v) is 20.0. The first-order valence-electron chi connectivity index (χ1n) is 16.0. The number of anilines is 1. The number of fused-ring (bicyclic) bond motifs is 1. The third-order valence-corrected chi connectivity index (χ3v) is 11.5. The van der Waals surface area contributed by atoms with Crippen LogP contribution < -0.4 is 10.6 Å². The molecular weight excluding hydrogens is 742 g/mol. The first kappa shape index (κ1) is 41.4. The standard InChI is InChI=1S/C28H43ClN6O14P2/c1-2-7-44-9-11-46-13-14-47-12-10-45-8-6-30-26(38)18-4-3-5-20(18)32-24-19-15-31-35(25(19)34-28(29)33-24)27-23(37)22(36)21(49-27)16-48-51(42,43)17-50(39,40)41/h1,15,18,20-23,27,36-37H,3-14,16-17H2,(H,30,38)(H,42,43)(H,32,33,34)(H2,39,40,41)/t18-,20+,21-,22-,23-,27-/m1/s1. The second kappa shape index (κ2) is 19.7. The Labute approximate surface area is 298 Å². The summed E-state index contributed by atoms with van der Waals surface area (Å²) in [5.74, 6) is 0.685. The quantitative estimate of drug-likeness (QED) is 0.0353. The predicted molar refractivity (Wildman–Crippen MR) is 179 cm³/mol. The van der Waals surface area contributed by atoms with Crippen molar-refractivity contribution < 1.29 is 67.0 Å². The van der Waals surface area contributed by atoms with Crippen molar-refractivity contribution in [3.8, 4) is 12.3 Å². The van der Waals surface area contributed by atoms with Crippen LogP contribution in [0, 0.1) is 18.3 Å². The number of hydrogen-bond acceptors (Lipinski definition) is 15. The van der Waals surface area contributed by atoms with Crippen molar-refractivity contribution in [2.45, 2.75) is 49.8 Å². The molecule has 4 rings (SSSR count). The van der Waals surface area contributed by atoms with Gasteiger partial charge in [0, 0.05) is 12.6 Å². The third kappa shape index (κ3) is 12.7. The molecule has 1 aliphatic heterocycles. The molecule has 1 amide bonds. The number of amides is 1. The van der Waals surface area contributed by atoms with Gasteiger partial charge in [0.05, 0.1) is 70.4 Å². The van der Waals surface area contributed by atoms with E-state index >= 15 is 0 Å². The molecule has 2 fully saturated rings. The zero-order valence-electron chi connectivity index (χ0n) is 27.5. The van der Waals surface area contributed by atoms with Gasteiger partial charge in [-0.3, -0.25) is 13.9 Å². The normalized spacial score (nSPS) is 24.8. The van der Waals surface area contributed by atoms with Crippen molar-refractivity contribution >= 4 is 49.6 Å². The number of hydrogen-bond donors (Lipinski definition) is 7. The Bertz CT molecular complexity index is 1580. The van der Waals surface area contributed by atoms with Gasteiger partial charge >= 0.3 is 15.2 Å². The summed E-state index contributed by atoms with van der Waals surface area (Å²) < 4.78 is 56.2. The largest absolute Gasteiger partial charge is 0.387 e. The van der Waals surface area contributed by atoms with Crippen LogP contribution >= 0.6 is 26.8 Å². The molecule has 286 valence electrons. The molecule has 1 aliphatic carbocycles. The minimum absolute atomic E-state index is 0.114. The topological polar surface area (TPSA) is 275 Å². The maximum Gasteiger partial charge on any atom is 0.340 e. The number of rotatable bonds is 22. The Morgan fingerprint density at radius 2 is 1.69 bits per heavy atom. The van der Waals surface area contributed by atoms with E-state index < -0.39 is 52.2 Å². The van der Waals surface area contributed by atoms with Crippen LogP contribution in [0.5, 0.6) is 0 Å². The lowest BCUT2D eigenvalue weighted by Crippen LogP contribution is -2.39. The predicted octanol–water partition coefficient (Wildman–Crippen LogP) is -0.167. The molecule has 51 heavy (non-hydrogen) atoms. The lowest BCUT2D eigenvalue weighted by molar-refractivity contribution is -0.125. The van der Waals surface area contributed by atoms with Crippen molar-refractivity contribution in [2.75, 3.05) is 77.2 Å². The maximum atomic E-state index is 13.1. The molecule has 0 aromatic carbocycles. The van der Waals surface area contributed by atoms with Crippen LogP contribution in [0.3, 0.4) is 0 Å². The summed E-state index contributed by atoms with van der Waals surface area (Å²) >= 11 is 6.25. The Kier molecular flexibility index (Phi) is 16.0. The van der Waals surface area contributed by atoms with Gasteiger partial charge in [0.1, 0.15) is 30.7 Å². The van der Waals surface area contributed by atoms with Crippen LogP contribution in [0.2, 0.25) is 5.28 Å². The molecular formula is C28H43ClN6O14P2. The van der Waals surface area contributed by atoms with Crippen molar-refractivity contribution in [3.63, 3.8) is 0 Å². The molecule has 2 aromatic heterocycles. The summed E-state index contributed by atoms with van der Waals surface area (Å²) in [6.07, 6.45) is 2.60. The maximum absolute atomic E-state index is 13.1. The number of halogens is 1. The molecule has 1 saturated heterocycles. The minimum atomic E-state index is -4.88. The van der Waals surface area contributed by atoms with Crippen LogP contribution in [-0.2, 0) is 42.1 Å². The summed E-state index contributed by atoms with van der Waals surface area (Å²) in [7, 11) is -9.62. The van der Waals surface area contributed by atoms with E-state index in [0.717, 1.165) is 11.1 Å². The van der Waals surface area contributed by atoms with Crippen LogP contribution in [0.25, 0.3) is 11.0 Å². The molecule has 2 aromatic rings. The van der Waals surface area contributed by atoms with Gasteiger partial charge in [-0.1, -0.05) is 12.3 Å². The van der Waals surface area contributed by atoms with Gasteiger partial charge < -0.3 is 63.7 Å². The van der Waals surface area contributed by atoms with E-state index in [9.17, 15) is 29.0 Å². The van der Waals surface area contributed by atoms with Crippen LogP contribution in [-0.4, -0.2) is 147 Å². The highest BCUT2D eigenvalue weighted by Gasteiger charge is 2.46. The van der Waals surface area contributed by atoms with Crippen molar-refractivity contribution in [3.05, 3.63) is 11.5 Å². The summed E-state index contributed by atoms with van der Waals surface area (Å²) in [6.45, 7) is 2.51. The minimum Gasteiger partial charge on any atom is -0.387 e. The second-order valence-corrected chi connectivity index (χ2v) is 16.0. The average molecular weight is 785 g/mol. The molecule has 1 saturated carbocycles. The Balaban J connectivity index is 1.25. The molecule has 2 aliphatic rings. The van der Waals surface area contributed by atoms with E-state index in [-0.39, 0.29) is 41.2 Å².